The van der Waals surface area contributed by atoms with Crippen molar-refractivity contribution < 1.29 is 49.3 Å². The summed E-state index contributed by atoms with van der Waals surface area (Å²) >= 11 is 0. The van der Waals surface area contributed by atoms with E-state index in [4.69, 9.17) is 14.2 Å². The van der Waals surface area contributed by atoms with Gasteiger partial charge in [0.15, 0.2) is 12.4 Å². The minimum atomic E-state index is -1.61. The second-order valence-electron chi connectivity index (χ2n) is 23.6. The van der Waals surface area contributed by atoms with Crippen LogP contribution in [0, 0.1) is 0 Å². The van der Waals surface area contributed by atoms with Gasteiger partial charge in [0.1, 0.15) is 24.4 Å². The van der Waals surface area contributed by atoms with E-state index in [1.165, 1.54) is 212 Å². The van der Waals surface area contributed by atoms with Crippen LogP contribution in [-0.4, -0.2) is 99.6 Å². The van der Waals surface area contributed by atoms with E-state index in [1.807, 2.05) is 6.08 Å². The minimum absolute atomic E-state index is 0.124. The summed E-state index contributed by atoms with van der Waals surface area (Å²) in [7, 11) is 0. The minimum Gasteiger partial charge on any atom is -0.454 e. The van der Waals surface area contributed by atoms with Crippen molar-refractivity contribution in [2.45, 2.75) is 372 Å². The van der Waals surface area contributed by atoms with Gasteiger partial charge in [-0.05, 0) is 77.0 Å². The summed E-state index contributed by atoms with van der Waals surface area (Å²) < 4.78 is 17.7. The summed E-state index contributed by atoms with van der Waals surface area (Å²) in [6, 6.07) is -1.02. The maximum absolute atomic E-state index is 13.5. The third kappa shape index (κ3) is 44.1. The van der Waals surface area contributed by atoms with Crippen LogP contribution in [0.15, 0.2) is 36.5 Å². The van der Waals surface area contributed by atoms with Crippen molar-refractivity contribution in [1.82, 2.24) is 5.32 Å². The number of allylic oxidation sites excluding steroid dienone is 5. The summed E-state index contributed by atoms with van der Waals surface area (Å²) in [5, 5.41) is 57.1. The topological polar surface area (TPSA) is 175 Å². The van der Waals surface area contributed by atoms with Gasteiger partial charge in [0.25, 0.3) is 0 Å². The van der Waals surface area contributed by atoms with Crippen LogP contribution in [-0.2, 0) is 23.8 Å². The Balaban J connectivity index is 2.64. The van der Waals surface area contributed by atoms with Crippen molar-refractivity contribution in [2.24, 2.45) is 0 Å². The van der Waals surface area contributed by atoms with Crippen LogP contribution >= 0.6 is 0 Å². The number of aliphatic hydroxyl groups is 5. The molecule has 1 saturated heterocycles. The van der Waals surface area contributed by atoms with Crippen molar-refractivity contribution in [1.29, 1.82) is 0 Å². The van der Waals surface area contributed by atoms with E-state index in [9.17, 15) is 35.1 Å². The molecule has 0 aromatic heterocycles. The summed E-state index contributed by atoms with van der Waals surface area (Å²) in [6.45, 7) is 5.82. The van der Waals surface area contributed by atoms with Crippen LogP contribution in [0.5, 0.6) is 0 Å². The fourth-order valence-corrected chi connectivity index (χ4v) is 10.6. The number of ether oxygens (including phenoxy) is 3. The summed E-state index contributed by atoms with van der Waals surface area (Å²) in [5.41, 5.74) is 0. The molecule has 1 aliphatic rings. The van der Waals surface area contributed by atoms with Crippen molar-refractivity contribution in [3.8, 4) is 0 Å². The van der Waals surface area contributed by atoms with E-state index in [2.05, 4.69) is 50.4 Å². The zero-order chi connectivity index (χ0) is 57.5. The van der Waals surface area contributed by atoms with E-state index in [0.29, 0.717) is 19.3 Å². The number of carbonyl (C=O) groups excluding carboxylic acids is 2. The first-order valence-electron chi connectivity index (χ1n) is 33.8. The standard InChI is InChI=1S/C68H127NO10/c1-4-7-10-13-16-19-22-25-27-29-31-33-35-38-41-44-47-50-53-56-63(73)79-66-65(75)64(74)62(57-70)78-68(66)77-58-59(60(71)54-51-48-45-42-39-36-24-21-18-15-12-9-6-3)69-67(76)61(72)55-52-49-46-43-40-37-34-32-30-28-26-23-20-17-14-11-8-5-2/h25-28,51,54,59-62,64-66,68,70-72,74-75H,4-24,29-50,52-53,55-58H2,1-3H3,(H,69,76)/b27-25+,28-26+,54-51+. The number of esters is 1. The Morgan fingerprint density at radius 2 is 0.835 bits per heavy atom. The SMILES string of the molecule is CCCCCCCC/C=C/CCCCCCCCCCCC(=O)OC1C(OCC(NC(=O)C(O)CCCCCCCCCC/C=C/CCCCCCCC)C(O)/C=C/CCCCCCCCCCCCC)OC(CO)C(O)C1O. The highest BCUT2D eigenvalue weighted by Crippen LogP contribution is 2.26. The number of nitrogens with one attached hydrogen (secondary N) is 1. The molecule has 8 atom stereocenters. The largest absolute Gasteiger partial charge is 0.454 e. The Labute approximate surface area is 485 Å². The Kier molecular flexibility index (Phi) is 53.4. The number of amides is 1. The molecule has 0 saturated carbocycles. The molecular formula is C68H127NO10. The zero-order valence-corrected chi connectivity index (χ0v) is 51.5. The number of unbranched alkanes of at least 4 members (excludes halogenated alkanes) is 40. The first-order chi connectivity index (χ1) is 38.7. The molecule has 1 amide bonds. The molecule has 0 spiro atoms. The van der Waals surface area contributed by atoms with E-state index >= 15 is 0 Å². The summed E-state index contributed by atoms with van der Waals surface area (Å²) in [5.74, 6) is -1.19. The van der Waals surface area contributed by atoms with Gasteiger partial charge >= 0.3 is 5.97 Å². The van der Waals surface area contributed by atoms with Crippen molar-refractivity contribution >= 4 is 11.9 Å². The Morgan fingerprint density at radius 3 is 1.23 bits per heavy atom. The molecule has 1 aliphatic heterocycles. The normalized spacial score (nSPS) is 19.0. The predicted molar refractivity (Wildman–Crippen MR) is 329 cm³/mol. The van der Waals surface area contributed by atoms with Gasteiger partial charge in [0.2, 0.25) is 5.91 Å². The number of carbonyl (C=O) groups is 2. The van der Waals surface area contributed by atoms with Gasteiger partial charge in [-0.1, -0.05) is 276 Å². The summed E-state index contributed by atoms with van der Waals surface area (Å²) in [6.07, 6.45) is 57.5. The molecule has 1 rings (SSSR count). The Bertz CT molecular complexity index is 1420. The maximum atomic E-state index is 13.5. The van der Waals surface area contributed by atoms with Crippen LogP contribution in [0.3, 0.4) is 0 Å². The highest BCUT2D eigenvalue weighted by molar-refractivity contribution is 5.80. The van der Waals surface area contributed by atoms with E-state index in [1.54, 1.807) is 6.08 Å². The molecule has 11 heteroatoms. The zero-order valence-electron chi connectivity index (χ0n) is 51.5. The van der Waals surface area contributed by atoms with Gasteiger partial charge in [-0.25, -0.2) is 0 Å². The third-order valence-corrected chi connectivity index (χ3v) is 16.0. The average molecular weight is 1120 g/mol. The lowest BCUT2D eigenvalue weighted by Gasteiger charge is -2.41. The van der Waals surface area contributed by atoms with Crippen molar-refractivity contribution in [3.05, 3.63) is 36.5 Å². The lowest BCUT2D eigenvalue weighted by Crippen LogP contribution is -2.61. The predicted octanol–water partition coefficient (Wildman–Crippen LogP) is 16.6. The lowest BCUT2D eigenvalue weighted by atomic mass is 9.99. The monoisotopic (exact) mass is 1120 g/mol. The quantitative estimate of drug-likeness (QED) is 0.0195. The molecule has 1 heterocycles. The van der Waals surface area contributed by atoms with Crippen molar-refractivity contribution in [3.63, 3.8) is 0 Å². The van der Waals surface area contributed by atoms with Gasteiger partial charge in [-0.3, -0.25) is 9.59 Å². The fraction of sp³-hybridized carbons (Fsp3) is 0.882. The molecule has 0 bridgehead atoms. The van der Waals surface area contributed by atoms with Gasteiger partial charge < -0.3 is 45.1 Å². The Morgan fingerprint density at radius 1 is 0.481 bits per heavy atom. The number of hydrogen-bond acceptors (Lipinski definition) is 10. The molecule has 8 unspecified atom stereocenters. The molecular weight excluding hydrogens is 991 g/mol. The van der Waals surface area contributed by atoms with Crippen LogP contribution in [0.1, 0.15) is 323 Å². The molecule has 11 nitrogen and oxygen atoms in total. The smallest absolute Gasteiger partial charge is 0.306 e. The molecule has 0 radical (unpaired) electrons. The van der Waals surface area contributed by atoms with Crippen molar-refractivity contribution in [2.75, 3.05) is 13.2 Å². The maximum Gasteiger partial charge on any atom is 0.306 e. The van der Waals surface area contributed by atoms with E-state index in [-0.39, 0.29) is 13.0 Å². The number of rotatable bonds is 58. The molecule has 6 N–H and O–H groups in total. The van der Waals surface area contributed by atoms with E-state index < -0.39 is 67.4 Å². The fourth-order valence-electron chi connectivity index (χ4n) is 10.6. The molecule has 79 heavy (non-hydrogen) atoms. The lowest BCUT2D eigenvalue weighted by molar-refractivity contribution is -0.305. The first-order valence-corrected chi connectivity index (χ1v) is 33.8. The summed E-state index contributed by atoms with van der Waals surface area (Å²) in [4.78, 5) is 26.6. The highest BCUT2D eigenvalue weighted by atomic mass is 16.7. The first kappa shape index (κ1) is 74.9. The van der Waals surface area contributed by atoms with Crippen LogP contribution in [0.2, 0.25) is 0 Å². The molecule has 0 aliphatic carbocycles. The number of aliphatic hydroxyl groups excluding tert-OH is 5. The van der Waals surface area contributed by atoms with Gasteiger partial charge in [-0.2, -0.15) is 0 Å². The second-order valence-corrected chi connectivity index (χ2v) is 23.6. The third-order valence-electron chi connectivity index (χ3n) is 16.0. The van der Waals surface area contributed by atoms with Gasteiger partial charge in [0.05, 0.1) is 25.4 Å². The second kappa shape index (κ2) is 56.4. The molecule has 1 fully saturated rings. The number of hydrogen-bond donors (Lipinski definition) is 6. The molecule has 464 valence electrons. The van der Waals surface area contributed by atoms with Gasteiger partial charge in [-0.15, -0.1) is 0 Å². The van der Waals surface area contributed by atoms with Crippen LogP contribution < -0.4 is 5.32 Å². The Hall–Kier alpha value is -2.12. The molecule has 0 aromatic rings. The molecule has 0 aromatic carbocycles. The van der Waals surface area contributed by atoms with Gasteiger partial charge in [0, 0.05) is 6.42 Å². The highest BCUT2D eigenvalue weighted by Gasteiger charge is 2.47. The average Bonchev–Trinajstić information content (AvgIpc) is 3.49. The van der Waals surface area contributed by atoms with E-state index in [0.717, 1.165) is 64.2 Å². The van der Waals surface area contributed by atoms with Crippen LogP contribution in [0.25, 0.3) is 0 Å². The van der Waals surface area contributed by atoms with Crippen LogP contribution in [0.4, 0.5) is 0 Å².